The molecule has 96 valence electrons. The fraction of sp³-hybridized carbons (Fsp3) is 0.769. The van der Waals surface area contributed by atoms with Gasteiger partial charge in [0, 0.05) is 5.92 Å². The lowest BCUT2D eigenvalue weighted by atomic mass is 10.0. The standard InChI is InChI=1S/C13H16N2O3/c1-2-17-13(16)12-15-14-11(18-12)10-8-6-3-4-7(5-6)9(8)10/h6-10H,2-5H2,1H3. The zero-order chi connectivity index (χ0) is 12.3. The van der Waals surface area contributed by atoms with Crippen molar-refractivity contribution in [2.45, 2.75) is 32.1 Å². The molecule has 18 heavy (non-hydrogen) atoms. The number of hydrogen-bond donors (Lipinski definition) is 0. The summed E-state index contributed by atoms with van der Waals surface area (Å²) in [7, 11) is 0. The lowest BCUT2D eigenvalue weighted by Crippen LogP contribution is -2.04. The molecule has 3 aliphatic rings. The molecule has 5 nitrogen and oxygen atoms in total. The molecule has 0 aliphatic heterocycles. The van der Waals surface area contributed by atoms with E-state index in [4.69, 9.17) is 9.15 Å². The van der Waals surface area contributed by atoms with Gasteiger partial charge in [0.25, 0.3) is 0 Å². The Bertz CT molecular complexity index is 482. The second kappa shape index (κ2) is 3.56. The number of ether oxygens (including phenoxy) is 1. The SMILES string of the molecule is CCOC(=O)c1nnc(C2C3C4CCC(C4)C23)o1. The van der Waals surface area contributed by atoms with Crippen LogP contribution in [-0.2, 0) is 4.74 Å². The van der Waals surface area contributed by atoms with Crippen molar-refractivity contribution in [1.82, 2.24) is 10.2 Å². The average molecular weight is 248 g/mol. The van der Waals surface area contributed by atoms with Gasteiger partial charge in [-0.3, -0.25) is 0 Å². The van der Waals surface area contributed by atoms with Crippen LogP contribution < -0.4 is 0 Å². The van der Waals surface area contributed by atoms with Crippen LogP contribution in [0.25, 0.3) is 0 Å². The third kappa shape index (κ3) is 1.30. The first-order valence-electron chi connectivity index (χ1n) is 6.80. The summed E-state index contributed by atoms with van der Waals surface area (Å²) >= 11 is 0. The Morgan fingerprint density at radius 2 is 2.06 bits per heavy atom. The lowest BCUT2D eigenvalue weighted by Gasteiger charge is -2.04. The second-order valence-corrected chi connectivity index (χ2v) is 5.68. The monoisotopic (exact) mass is 248 g/mol. The summed E-state index contributed by atoms with van der Waals surface area (Å²) in [6.45, 7) is 2.09. The molecule has 0 saturated heterocycles. The number of esters is 1. The predicted octanol–water partition coefficient (Wildman–Crippen LogP) is 2.01. The highest BCUT2D eigenvalue weighted by Crippen LogP contribution is 2.72. The van der Waals surface area contributed by atoms with Gasteiger partial charge in [0.15, 0.2) is 0 Å². The molecule has 4 atom stereocenters. The van der Waals surface area contributed by atoms with E-state index in [2.05, 4.69) is 10.2 Å². The topological polar surface area (TPSA) is 65.2 Å². The molecule has 1 aromatic heterocycles. The third-order valence-corrected chi connectivity index (χ3v) is 4.91. The van der Waals surface area contributed by atoms with Gasteiger partial charge in [-0.1, -0.05) is 0 Å². The first kappa shape index (κ1) is 10.5. The van der Waals surface area contributed by atoms with Gasteiger partial charge < -0.3 is 9.15 Å². The van der Waals surface area contributed by atoms with E-state index in [9.17, 15) is 4.79 Å². The molecular formula is C13H16N2O3. The number of fused-ring (bicyclic) bond motifs is 5. The van der Waals surface area contributed by atoms with Crippen LogP contribution in [-0.4, -0.2) is 22.8 Å². The quantitative estimate of drug-likeness (QED) is 0.765. The molecule has 1 heterocycles. The van der Waals surface area contributed by atoms with E-state index < -0.39 is 5.97 Å². The molecule has 0 radical (unpaired) electrons. The summed E-state index contributed by atoms with van der Waals surface area (Å²) in [6, 6.07) is 0. The van der Waals surface area contributed by atoms with Crippen molar-refractivity contribution in [3.8, 4) is 0 Å². The van der Waals surface area contributed by atoms with E-state index in [0.29, 0.717) is 18.4 Å². The van der Waals surface area contributed by atoms with E-state index in [1.807, 2.05) is 0 Å². The lowest BCUT2D eigenvalue weighted by molar-refractivity contribution is 0.0478. The Morgan fingerprint density at radius 3 is 2.72 bits per heavy atom. The number of rotatable bonds is 3. The molecule has 4 rings (SSSR count). The van der Waals surface area contributed by atoms with Crippen molar-refractivity contribution < 1.29 is 13.9 Å². The Balaban J connectivity index is 1.52. The minimum atomic E-state index is -0.509. The number of hydrogen-bond acceptors (Lipinski definition) is 5. The van der Waals surface area contributed by atoms with Gasteiger partial charge in [0.2, 0.25) is 5.89 Å². The van der Waals surface area contributed by atoms with Crippen LogP contribution in [0.3, 0.4) is 0 Å². The van der Waals surface area contributed by atoms with Crippen LogP contribution in [0.1, 0.15) is 48.7 Å². The first-order valence-corrected chi connectivity index (χ1v) is 6.80. The summed E-state index contributed by atoms with van der Waals surface area (Å²) in [5.74, 6) is 3.80. The first-order chi connectivity index (χ1) is 8.79. The van der Waals surface area contributed by atoms with Gasteiger partial charge in [0.05, 0.1) is 6.61 Å². The number of carbonyl (C=O) groups excluding carboxylic acids is 1. The van der Waals surface area contributed by atoms with E-state index in [0.717, 1.165) is 23.7 Å². The summed E-state index contributed by atoms with van der Waals surface area (Å²) in [5.41, 5.74) is 0. The largest absolute Gasteiger partial charge is 0.459 e. The molecule has 0 aromatic carbocycles. The van der Waals surface area contributed by atoms with Gasteiger partial charge in [-0.15, -0.1) is 10.2 Å². The second-order valence-electron chi connectivity index (χ2n) is 5.68. The van der Waals surface area contributed by atoms with Crippen molar-refractivity contribution in [1.29, 1.82) is 0 Å². The van der Waals surface area contributed by atoms with Crippen LogP contribution in [0, 0.1) is 23.7 Å². The molecule has 3 aliphatic carbocycles. The molecular weight excluding hydrogens is 232 g/mol. The summed E-state index contributed by atoms with van der Waals surface area (Å²) in [5, 5.41) is 7.85. The molecule has 0 N–H and O–H groups in total. The third-order valence-electron chi connectivity index (χ3n) is 4.91. The molecule has 0 spiro atoms. The summed E-state index contributed by atoms with van der Waals surface area (Å²) < 4.78 is 10.3. The molecule has 5 heteroatoms. The van der Waals surface area contributed by atoms with Gasteiger partial charge in [-0.25, -0.2) is 4.79 Å². The maximum absolute atomic E-state index is 11.5. The Kier molecular flexibility index (Phi) is 2.08. The van der Waals surface area contributed by atoms with Gasteiger partial charge in [0.1, 0.15) is 0 Å². The maximum atomic E-state index is 11.5. The molecule has 0 amide bonds. The zero-order valence-corrected chi connectivity index (χ0v) is 10.3. The molecule has 1 aromatic rings. The fourth-order valence-corrected chi connectivity index (χ4v) is 4.30. The molecule has 4 unspecified atom stereocenters. The average Bonchev–Trinajstić information content (AvgIpc) is 2.80. The molecule has 3 fully saturated rings. The highest BCUT2D eigenvalue weighted by molar-refractivity contribution is 5.83. The Hall–Kier alpha value is -1.39. The minimum Gasteiger partial charge on any atom is -0.459 e. The number of nitrogens with zero attached hydrogens (tertiary/aromatic N) is 2. The normalized spacial score (nSPS) is 39.7. The van der Waals surface area contributed by atoms with Gasteiger partial charge in [-0.05, 0) is 49.9 Å². The molecule has 3 saturated carbocycles. The highest BCUT2D eigenvalue weighted by Gasteiger charge is 2.67. The van der Waals surface area contributed by atoms with Crippen LogP contribution in [0.5, 0.6) is 0 Å². The van der Waals surface area contributed by atoms with Crippen LogP contribution in [0.2, 0.25) is 0 Å². The molecule has 2 bridgehead atoms. The van der Waals surface area contributed by atoms with Crippen LogP contribution in [0.15, 0.2) is 4.42 Å². The van der Waals surface area contributed by atoms with E-state index >= 15 is 0 Å². The fourth-order valence-electron chi connectivity index (χ4n) is 4.30. The highest BCUT2D eigenvalue weighted by atomic mass is 16.5. The van der Waals surface area contributed by atoms with Crippen molar-refractivity contribution >= 4 is 5.97 Å². The van der Waals surface area contributed by atoms with Crippen molar-refractivity contribution in [2.75, 3.05) is 6.61 Å². The Morgan fingerprint density at radius 1 is 1.33 bits per heavy atom. The number of aromatic nitrogens is 2. The summed E-state index contributed by atoms with van der Waals surface area (Å²) in [4.78, 5) is 11.5. The van der Waals surface area contributed by atoms with Crippen molar-refractivity contribution in [3.05, 3.63) is 11.8 Å². The van der Waals surface area contributed by atoms with Crippen LogP contribution in [0.4, 0.5) is 0 Å². The Labute approximate surface area is 105 Å². The van der Waals surface area contributed by atoms with E-state index in [-0.39, 0.29) is 5.89 Å². The van der Waals surface area contributed by atoms with Gasteiger partial charge >= 0.3 is 11.9 Å². The van der Waals surface area contributed by atoms with Gasteiger partial charge in [-0.2, -0.15) is 0 Å². The van der Waals surface area contributed by atoms with Crippen LogP contribution >= 0.6 is 0 Å². The van der Waals surface area contributed by atoms with Crippen molar-refractivity contribution in [2.24, 2.45) is 23.7 Å². The number of carbonyl (C=O) groups is 1. The zero-order valence-electron chi connectivity index (χ0n) is 10.3. The maximum Gasteiger partial charge on any atom is 0.396 e. The summed E-state index contributed by atoms with van der Waals surface area (Å²) in [6.07, 6.45) is 4.12. The van der Waals surface area contributed by atoms with E-state index in [1.54, 1.807) is 6.92 Å². The predicted molar refractivity (Wildman–Crippen MR) is 60.8 cm³/mol. The smallest absolute Gasteiger partial charge is 0.396 e. The van der Waals surface area contributed by atoms with E-state index in [1.165, 1.54) is 19.3 Å². The minimum absolute atomic E-state index is 0.00386. The van der Waals surface area contributed by atoms with Crippen molar-refractivity contribution in [3.63, 3.8) is 0 Å².